The molecule has 5 nitrogen and oxygen atoms in total. The molecule has 2 rings (SSSR count). The Labute approximate surface area is 102 Å². The number of piperidine rings is 1. The lowest BCUT2D eigenvalue weighted by molar-refractivity contribution is 0.0564. The number of hydrogen-bond acceptors (Lipinski definition) is 5. The minimum Gasteiger partial charge on any atom is -0.393 e. The summed E-state index contributed by atoms with van der Waals surface area (Å²) in [6.45, 7) is 5.98. The Morgan fingerprint density at radius 3 is 2.82 bits per heavy atom. The third-order valence-corrected chi connectivity index (χ3v) is 3.36. The first kappa shape index (κ1) is 12.5. The van der Waals surface area contributed by atoms with Gasteiger partial charge in [-0.3, -0.25) is 4.90 Å². The molecule has 1 aromatic heterocycles. The molecular formula is C12H21N3O2. The summed E-state index contributed by atoms with van der Waals surface area (Å²) in [5.74, 6) is 1.50. The second-order valence-corrected chi connectivity index (χ2v) is 4.74. The molecule has 1 atom stereocenters. The van der Waals surface area contributed by atoms with Crippen LogP contribution in [0.3, 0.4) is 0 Å². The van der Waals surface area contributed by atoms with Gasteiger partial charge >= 0.3 is 0 Å². The van der Waals surface area contributed by atoms with Crippen LogP contribution in [0.4, 0.5) is 0 Å². The lowest BCUT2D eigenvalue weighted by Crippen LogP contribution is -2.37. The molecule has 17 heavy (non-hydrogen) atoms. The Morgan fingerprint density at radius 2 is 2.18 bits per heavy atom. The number of rotatable bonds is 4. The van der Waals surface area contributed by atoms with Gasteiger partial charge < -0.3 is 9.63 Å². The largest absolute Gasteiger partial charge is 0.393 e. The molecule has 0 saturated carbocycles. The predicted octanol–water partition coefficient (Wildman–Crippen LogP) is 1.54. The molecule has 1 aliphatic heterocycles. The number of aliphatic hydroxyl groups excluding tert-OH is 1. The summed E-state index contributed by atoms with van der Waals surface area (Å²) >= 11 is 0. The molecule has 1 aliphatic rings. The lowest BCUT2D eigenvalue weighted by Gasteiger charge is -2.32. The summed E-state index contributed by atoms with van der Waals surface area (Å²) in [6.07, 6.45) is 3.43. The SMILES string of the molecule is CCCc1noc([C@H](C)N2CCC(O)CC2)n1. The number of likely N-dealkylation sites (tertiary alicyclic amines) is 1. The van der Waals surface area contributed by atoms with E-state index in [9.17, 15) is 5.11 Å². The van der Waals surface area contributed by atoms with E-state index in [2.05, 4.69) is 28.9 Å². The van der Waals surface area contributed by atoms with Crippen LogP contribution in [-0.2, 0) is 6.42 Å². The summed E-state index contributed by atoms with van der Waals surface area (Å²) < 4.78 is 5.29. The zero-order chi connectivity index (χ0) is 12.3. The van der Waals surface area contributed by atoms with Crippen LogP contribution in [0.2, 0.25) is 0 Å². The van der Waals surface area contributed by atoms with E-state index >= 15 is 0 Å². The van der Waals surface area contributed by atoms with Crippen molar-refractivity contribution >= 4 is 0 Å². The summed E-state index contributed by atoms with van der Waals surface area (Å²) in [5, 5.41) is 13.4. The van der Waals surface area contributed by atoms with Gasteiger partial charge in [-0.05, 0) is 26.2 Å². The minimum absolute atomic E-state index is 0.142. The van der Waals surface area contributed by atoms with Gasteiger partial charge in [-0.25, -0.2) is 0 Å². The molecule has 0 unspecified atom stereocenters. The van der Waals surface area contributed by atoms with Crippen molar-refractivity contribution in [2.75, 3.05) is 13.1 Å². The number of hydrogen-bond donors (Lipinski definition) is 1. The third kappa shape index (κ3) is 3.04. The molecule has 0 aromatic carbocycles. The Balaban J connectivity index is 1.96. The van der Waals surface area contributed by atoms with Crippen molar-refractivity contribution in [1.82, 2.24) is 15.0 Å². The van der Waals surface area contributed by atoms with Crippen LogP contribution < -0.4 is 0 Å². The topological polar surface area (TPSA) is 62.4 Å². The first-order valence-corrected chi connectivity index (χ1v) is 6.45. The zero-order valence-corrected chi connectivity index (χ0v) is 10.6. The summed E-state index contributed by atoms with van der Waals surface area (Å²) in [5.41, 5.74) is 0. The molecule has 0 amide bonds. The Bertz CT molecular complexity index is 345. The van der Waals surface area contributed by atoms with Crippen LogP contribution in [0.5, 0.6) is 0 Å². The average Bonchev–Trinajstić information content (AvgIpc) is 2.78. The molecule has 1 aromatic rings. The molecular weight excluding hydrogens is 218 g/mol. The van der Waals surface area contributed by atoms with E-state index in [1.165, 1.54) is 0 Å². The first-order chi connectivity index (χ1) is 8.20. The highest BCUT2D eigenvalue weighted by atomic mass is 16.5. The second-order valence-electron chi connectivity index (χ2n) is 4.74. The smallest absolute Gasteiger partial charge is 0.243 e. The summed E-state index contributed by atoms with van der Waals surface area (Å²) in [7, 11) is 0. The predicted molar refractivity (Wildman–Crippen MR) is 63.5 cm³/mol. The molecule has 0 radical (unpaired) electrons. The fraction of sp³-hybridized carbons (Fsp3) is 0.833. The number of aryl methyl sites for hydroxylation is 1. The lowest BCUT2D eigenvalue weighted by atomic mass is 10.1. The highest BCUT2D eigenvalue weighted by molar-refractivity contribution is 4.93. The standard InChI is InChI=1S/C12H21N3O2/c1-3-4-11-13-12(17-14-11)9(2)15-7-5-10(16)6-8-15/h9-10,16H,3-8H2,1-2H3/t9-/m0/s1. The van der Waals surface area contributed by atoms with Crippen molar-refractivity contribution in [2.45, 2.75) is 51.7 Å². The Morgan fingerprint density at radius 1 is 1.47 bits per heavy atom. The van der Waals surface area contributed by atoms with Crippen LogP contribution >= 0.6 is 0 Å². The molecule has 1 saturated heterocycles. The van der Waals surface area contributed by atoms with E-state index in [0.29, 0.717) is 5.89 Å². The van der Waals surface area contributed by atoms with Crippen molar-refractivity contribution in [3.8, 4) is 0 Å². The van der Waals surface area contributed by atoms with E-state index in [1.54, 1.807) is 0 Å². The van der Waals surface area contributed by atoms with Crippen molar-refractivity contribution in [2.24, 2.45) is 0 Å². The summed E-state index contributed by atoms with van der Waals surface area (Å²) in [6, 6.07) is 0.153. The maximum atomic E-state index is 9.48. The minimum atomic E-state index is -0.142. The van der Waals surface area contributed by atoms with Crippen molar-refractivity contribution in [3.05, 3.63) is 11.7 Å². The van der Waals surface area contributed by atoms with Gasteiger partial charge in [0.15, 0.2) is 5.82 Å². The maximum Gasteiger partial charge on any atom is 0.243 e. The van der Waals surface area contributed by atoms with Crippen LogP contribution in [-0.4, -0.2) is 39.3 Å². The van der Waals surface area contributed by atoms with Crippen molar-refractivity contribution in [3.63, 3.8) is 0 Å². The van der Waals surface area contributed by atoms with E-state index in [1.807, 2.05) is 0 Å². The number of aliphatic hydroxyl groups is 1. The van der Waals surface area contributed by atoms with Gasteiger partial charge in [0.25, 0.3) is 0 Å². The quantitative estimate of drug-likeness (QED) is 0.863. The molecule has 96 valence electrons. The highest BCUT2D eigenvalue weighted by Gasteiger charge is 2.25. The fourth-order valence-corrected chi connectivity index (χ4v) is 2.19. The van der Waals surface area contributed by atoms with Gasteiger partial charge in [-0.2, -0.15) is 4.98 Å². The molecule has 1 N–H and O–H groups in total. The third-order valence-electron chi connectivity index (χ3n) is 3.36. The van der Waals surface area contributed by atoms with Gasteiger partial charge in [0.05, 0.1) is 12.1 Å². The van der Waals surface area contributed by atoms with E-state index in [4.69, 9.17) is 4.52 Å². The van der Waals surface area contributed by atoms with Crippen LogP contribution in [0.25, 0.3) is 0 Å². The second kappa shape index (κ2) is 5.60. The normalized spacial score (nSPS) is 20.6. The Kier molecular flexibility index (Phi) is 4.12. The van der Waals surface area contributed by atoms with E-state index in [-0.39, 0.29) is 12.1 Å². The van der Waals surface area contributed by atoms with Crippen LogP contribution in [0.1, 0.15) is 50.9 Å². The molecule has 2 heterocycles. The van der Waals surface area contributed by atoms with Crippen LogP contribution in [0.15, 0.2) is 4.52 Å². The maximum absolute atomic E-state index is 9.48. The summed E-state index contributed by atoms with van der Waals surface area (Å²) in [4.78, 5) is 6.70. The van der Waals surface area contributed by atoms with Gasteiger partial charge in [0.1, 0.15) is 0 Å². The van der Waals surface area contributed by atoms with Crippen molar-refractivity contribution < 1.29 is 9.63 Å². The van der Waals surface area contributed by atoms with Gasteiger partial charge in [-0.15, -0.1) is 0 Å². The number of aromatic nitrogens is 2. The van der Waals surface area contributed by atoms with Gasteiger partial charge in [-0.1, -0.05) is 12.1 Å². The molecule has 0 bridgehead atoms. The van der Waals surface area contributed by atoms with Crippen molar-refractivity contribution in [1.29, 1.82) is 0 Å². The van der Waals surface area contributed by atoms with E-state index < -0.39 is 0 Å². The molecule has 5 heteroatoms. The Hall–Kier alpha value is -0.940. The van der Waals surface area contributed by atoms with Gasteiger partial charge in [0, 0.05) is 19.5 Å². The molecule has 0 spiro atoms. The zero-order valence-electron chi connectivity index (χ0n) is 10.6. The highest BCUT2D eigenvalue weighted by Crippen LogP contribution is 2.23. The monoisotopic (exact) mass is 239 g/mol. The molecule has 1 fully saturated rings. The average molecular weight is 239 g/mol. The fourth-order valence-electron chi connectivity index (χ4n) is 2.19. The van der Waals surface area contributed by atoms with Crippen LogP contribution in [0, 0.1) is 0 Å². The molecule has 0 aliphatic carbocycles. The first-order valence-electron chi connectivity index (χ1n) is 6.45. The number of nitrogens with zero attached hydrogens (tertiary/aromatic N) is 3. The van der Waals surface area contributed by atoms with Gasteiger partial charge in [0.2, 0.25) is 5.89 Å². The van der Waals surface area contributed by atoms with E-state index in [0.717, 1.165) is 44.6 Å².